The Bertz CT molecular complexity index is 347. The van der Waals surface area contributed by atoms with Gasteiger partial charge < -0.3 is 10.1 Å². The van der Waals surface area contributed by atoms with E-state index in [1.807, 2.05) is 11.4 Å². The van der Waals surface area contributed by atoms with Crippen LogP contribution >= 0.6 is 27.3 Å². The first-order chi connectivity index (χ1) is 7.25. The minimum Gasteiger partial charge on any atom is -0.376 e. The maximum Gasteiger partial charge on any atom is 0.252 e. The minimum absolute atomic E-state index is 0.0209. The smallest absolute Gasteiger partial charge is 0.252 e. The number of ether oxygens (including phenoxy) is 1. The molecule has 1 aromatic heterocycles. The molecule has 82 valence electrons. The molecule has 0 bridgehead atoms. The highest BCUT2D eigenvalue weighted by Crippen LogP contribution is 2.20. The topological polar surface area (TPSA) is 38.3 Å². The highest BCUT2D eigenvalue weighted by Gasteiger charge is 2.16. The van der Waals surface area contributed by atoms with Crippen LogP contribution in [-0.2, 0) is 4.74 Å². The predicted octanol–water partition coefficient (Wildman–Crippen LogP) is 2.42. The molecular weight excluding hydrogens is 278 g/mol. The van der Waals surface area contributed by atoms with E-state index in [4.69, 9.17) is 4.74 Å². The van der Waals surface area contributed by atoms with Crippen molar-refractivity contribution >= 4 is 33.2 Å². The molecule has 15 heavy (non-hydrogen) atoms. The van der Waals surface area contributed by atoms with Crippen molar-refractivity contribution in [1.29, 1.82) is 0 Å². The molecule has 0 unspecified atom stereocenters. The standard InChI is InChI=1S/C10H12BrNO2S/c11-9-4-7(6-15-9)10(13)12-5-8-2-1-3-14-8/h4,6,8H,1-3,5H2,(H,12,13)/t8-/m0/s1. The summed E-state index contributed by atoms with van der Waals surface area (Å²) in [4.78, 5) is 11.6. The van der Waals surface area contributed by atoms with Gasteiger partial charge in [-0.25, -0.2) is 0 Å². The Morgan fingerprint density at radius 3 is 3.20 bits per heavy atom. The van der Waals surface area contributed by atoms with Crippen molar-refractivity contribution in [2.75, 3.05) is 13.2 Å². The summed E-state index contributed by atoms with van der Waals surface area (Å²) in [6.07, 6.45) is 2.36. The third kappa shape index (κ3) is 3.03. The minimum atomic E-state index is -0.0209. The van der Waals surface area contributed by atoms with Crippen molar-refractivity contribution in [1.82, 2.24) is 5.32 Å². The number of carbonyl (C=O) groups excluding carboxylic acids is 1. The fourth-order valence-electron chi connectivity index (χ4n) is 1.54. The molecule has 0 radical (unpaired) electrons. The molecule has 1 aliphatic heterocycles. The van der Waals surface area contributed by atoms with E-state index >= 15 is 0 Å². The summed E-state index contributed by atoms with van der Waals surface area (Å²) >= 11 is 4.85. The van der Waals surface area contributed by atoms with Gasteiger partial charge in [0.1, 0.15) is 0 Å². The van der Waals surface area contributed by atoms with Gasteiger partial charge in [0, 0.05) is 18.5 Å². The molecular formula is C10H12BrNO2S. The van der Waals surface area contributed by atoms with Gasteiger partial charge in [-0.15, -0.1) is 11.3 Å². The number of hydrogen-bond donors (Lipinski definition) is 1. The summed E-state index contributed by atoms with van der Waals surface area (Å²) < 4.78 is 6.40. The van der Waals surface area contributed by atoms with Gasteiger partial charge >= 0.3 is 0 Å². The van der Waals surface area contributed by atoms with E-state index in [2.05, 4.69) is 21.2 Å². The molecule has 1 fully saturated rings. The van der Waals surface area contributed by atoms with E-state index < -0.39 is 0 Å². The summed E-state index contributed by atoms with van der Waals surface area (Å²) in [6, 6.07) is 1.83. The molecule has 5 heteroatoms. The van der Waals surface area contributed by atoms with Crippen molar-refractivity contribution < 1.29 is 9.53 Å². The van der Waals surface area contributed by atoms with Gasteiger partial charge in [0.25, 0.3) is 5.91 Å². The zero-order valence-electron chi connectivity index (χ0n) is 8.16. The molecule has 1 aromatic rings. The van der Waals surface area contributed by atoms with Crippen LogP contribution in [0.25, 0.3) is 0 Å². The molecule has 0 saturated carbocycles. The number of carbonyl (C=O) groups is 1. The van der Waals surface area contributed by atoms with Gasteiger partial charge in [-0.05, 0) is 34.8 Å². The Balaban J connectivity index is 1.81. The maximum absolute atomic E-state index is 11.6. The fourth-order valence-corrected chi connectivity index (χ4v) is 2.68. The number of hydrogen-bond acceptors (Lipinski definition) is 3. The second-order valence-corrected chi connectivity index (χ2v) is 5.78. The lowest BCUT2D eigenvalue weighted by Gasteiger charge is -2.09. The largest absolute Gasteiger partial charge is 0.376 e. The normalized spacial score (nSPS) is 20.5. The lowest BCUT2D eigenvalue weighted by molar-refractivity contribution is 0.0858. The second-order valence-electron chi connectivity index (χ2n) is 3.48. The van der Waals surface area contributed by atoms with Crippen LogP contribution in [-0.4, -0.2) is 25.2 Å². The summed E-state index contributed by atoms with van der Waals surface area (Å²) in [6.45, 7) is 1.44. The highest BCUT2D eigenvalue weighted by molar-refractivity contribution is 9.11. The molecule has 0 aliphatic carbocycles. The number of amides is 1. The maximum atomic E-state index is 11.6. The SMILES string of the molecule is O=C(NC[C@@H]1CCCO1)c1csc(Br)c1. The quantitative estimate of drug-likeness (QED) is 0.928. The van der Waals surface area contributed by atoms with Crippen LogP contribution in [0.15, 0.2) is 15.2 Å². The Kier molecular flexibility index (Phi) is 3.77. The fraction of sp³-hybridized carbons (Fsp3) is 0.500. The molecule has 3 nitrogen and oxygen atoms in total. The van der Waals surface area contributed by atoms with E-state index in [0.29, 0.717) is 12.1 Å². The highest BCUT2D eigenvalue weighted by atomic mass is 79.9. The molecule has 1 atom stereocenters. The van der Waals surface area contributed by atoms with Gasteiger partial charge in [-0.1, -0.05) is 0 Å². The van der Waals surface area contributed by atoms with Crippen LogP contribution in [0, 0.1) is 0 Å². The van der Waals surface area contributed by atoms with Crippen molar-refractivity contribution in [3.05, 3.63) is 20.8 Å². The van der Waals surface area contributed by atoms with Gasteiger partial charge in [0.15, 0.2) is 0 Å². The Morgan fingerprint density at radius 1 is 1.73 bits per heavy atom. The number of halogens is 1. The average molecular weight is 290 g/mol. The van der Waals surface area contributed by atoms with Gasteiger partial charge in [0.2, 0.25) is 0 Å². The Morgan fingerprint density at radius 2 is 2.60 bits per heavy atom. The van der Waals surface area contributed by atoms with Crippen LogP contribution in [0.5, 0.6) is 0 Å². The Labute approximate surface area is 101 Å². The lowest BCUT2D eigenvalue weighted by atomic mass is 10.2. The van der Waals surface area contributed by atoms with E-state index in [-0.39, 0.29) is 12.0 Å². The Hall–Kier alpha value is -0.390. The zero-order valence-corrected chi connectivity index (χ0v) is 10.6. The molecule has 1 amide bonds. The first kappa shape index (κ1) is 11.1. The molecule has 1 saturated heterocycles. The van der Waals surface area contributed by atoms with Crippen molar-refractivity contribution in [2.45, 2.75) is 18.9 Å². The monoisotopic (exact) mass is 289 g/mol. The number of nitrogens with one attached hydrogen (secondary N) is 1. The lowest BCUT2D eigenvalue weighted by Crippen LogP contribution is -2.31. The van der Waals surface area contributed by atoms with E-state index in [9.17, 15) is 4.79 Å². The molecule has 0 spiro atoms. The van der Waals surface area contributed by atoms with Crippen LogP contribution < -0.4 is 5.32 Å². The summed E-state index contributed by atoms with van der Waals surface area (Å²) in [5.74, 6) is -0.0209. The second kappa shape index (κ2) is 5.09. The first-order valence-corrected chi connectivity index (χ1v) is 6.57. The van der Waals surface area contributed by atoms with E-state index in [0.717, 1.165) is 23.2 Å². The number of thiophene rings is 1. The summed E-state index contributed by atoms with van der Waals surface area (Å²) in [5, 5.41) is 4.72. The molecule has 0 aromatic carbocycles. The molecule has 2 heterocycles. The van der Waals surface area contributed by atoms with Gasteiger partial charge in [0.05, 0.1) is 15.5 Å². The number of rotatable bonds is 3. The van der Waals surface area contributed by atoms with Crippen molar-refractivity contribution in [3.63, 3.8) is 0 Å². The third-order valence-corrected chi connectivity index (χ3v) is 3.85. The van der Waals surface area contributed by atoms with Crippen LogP contribution in [0.1, 0.15) is 23.2 Å². The van der Waals surface area contributed by atoms with Crippen LogP contribution in [0.3, 0.4) is 0 Å². The zero-order chi connectivity index (χ0) is 10.7. The van der Waals surface area contributed by atoms with E-state index in [1.54, 1.807) is 0 Å². The molecule has 2 rings (SSSR count). The summed E-state index contributed by atoms with van der Waals surface area (Å²) in [7, 11) is 0. The van der Waals surface area contributed by atoms with Gasteiger partial charge in [-0.2, -0.15) is 0 Å². The molecule has 1 N–H and O–H groups in total. The van der Waals surface area contributed by atoms with Crippen LogP contribution in [0.2, 0.25) is 0 Å². The van der Waals surface area contributed by atoms with Crippen LogP contribution in [0.4, 0.5) is 0 Å². The first-order valence-electron chi connectivity index (χ1n) is 4.89. The van der Waals surface area contributed by atoms with Crippen molar-refractivity contribution in [3.8, 4) is 0 Å². The van der Waals surface area contributed by atoms with Gasteiger partial charge in [-0.3, -0.25) is 4.79 Å². The van der Waals surface area contributed by atoms with E-state index in [1.165, 1.54) is 11.3 Å². The predicted molar refractivity (Wildman–Crippen MR) is 63.3 cm³/mol. The van der Waals surface area contributed by atoms with Crippen molar-refractivity contribution in [2.24, 2.45) is 0 Å². The third-order valence-electron chi connectivity index (χ3n) is 2.34. The summed E-state index contributed by atoms with van der Waals surface area (Å²) in [5.41, 5.74) is 0.713. The molecule has 1 aliphatic rings. The average Bonchev–Trinajstić information content (AvgIpc) is 2.84.